The van der Waals surface area contributed by atoms with Crippen LogP contribution in [-0.4, -0.2) is 10.8 Å². The van der Waals surface area contributed by atoms with Gasteiger partial charge in [-0.15, -0.1) is 0 Å². The maximum absolute atomic E-state index is 11.9. The molecular formula is C13H17NO2. The molecule has 1 N–H and O–H groups in total. The number of carbonyl (C=O) groups is 1. The summed E-state index contributed by atoms with van der Waals surface area (Å²) in [5.41, 5.74) is 1.95. The van der Waals surface area contributed by atoms with Crippen LogP contribution in [0.15, 0.2) is 10.9 Å². The number of aromatic amines is 1. The number of H-pyrrole nitrogens is 1. The summed E-state index contributed by atoms with van der Waals surface area (Å²) in [7, 11) is 0. The van der Waals surface area contributed by atoms with Crippen molar-refractivity contribution in [1.82, 2.24) is 4.98 Å². The Bertz CT molecular complexity index is 492. The first kappa shape index (κ1) is 11.1. The van der Waals surface area contributed by atoms with Gasteiger partial charge in [-0.05, 0) is 24.3 Å². The van der Waals surface area contributed by atoms with E-state index in [0.29, 0.717) is 12.0 Å². The van der Waals surface area contributed by atoms with E-state index in [1.54, 1.807) is 6.07 Å². The maximum Gasteiger partial charge on any atom is 0.251 e. The monoisotopic (exact) mass is 219 g/mol. The number of rotatable bonds is 0. The lowest BCUT2D eigenvalue weighted by Gasteiger charge is -2.21. The molecule has 2 rings (SSSR count). The van der Waals surface area contributed by atoms with Gasteiger partial charge < -0.3 is 4.98 Å². The molecule has 1 aromatic heterocycles. The van der Waals surface area contributed by atoms with Gasteiger partial charge in [-0.2, -0.15) is 0 Å². The minimum Gasteiger partial charge on any atom is -0.325 e. The van der Waals surface area contributed by atoms with Crippen LogP contribution in [0.25, 0.3) is 0 Å². The Kier molecular flexibility index (Phi) is 2.49. The van der Waals surface area contributed by atoms with E-state index < -0.39 is 0 Å². The van der Waals surface area contributed by atoms with E-state index in [1.165, 1.54) is 0 Å². The highest BCUT2D eigenvalue weighted by Gasteiger charge is 2.24. The van der Waals surface area contributed by atoms with Crippen molar-refractivity contribution in [2.75, 3.05) is 0 Å². The number of hydrogen-bond donors (Lipinski definition) is 1. The van der Waals surface area contributed by atoms with Gasteiger partial charge >= 0.3 is 0 Å². The molecule has 0 atom stereocenters. The van der Waals surface area contributed by atoms with E-state index in [9.17, 15) is 9.59 Å². The van der Waals surface area contributed by atoms with Crippen molar-refractivity contribution in [3.05, 3.63) is 33.2 Å². The van der Waals surface area contributed by atoms with Crippen molar-refractivity contribution in [3.63, 3.8) is 0 Å². The van der Waals surface area contributed by atoms with Gasteiger partial charge in [0.05, 0.1) is 0 Å². The van der Waals surface area contributed by atoms with Crippen molar-refractivity contribution in [2.24, 2.45) is 0 Å². The molecule has 3 heteroatoms. The number of aromatic nitrogens is 1. The number of aryl methyl sites for hydroxylation is 1. The molecule has 0 spiro atoms. The Morgan fingerprint density at radius 1 is 1.19 bits per heavy atom. The molecule has 86 valence electrons. The van der Waals surface area contributed by atoms with Gasteiger partial charge in [-0.25, -0.2) is 0 Å². The lowest BCUT2D eigenvalue weighted by molar-refractivity contribution is 0.0971. The molecule has 0 aromatic carbocycles. The van der Waals surface area contributed by atoms with Crippen molar-refractivity contribution in [3.8, 4) is 0 Å². The summed E-state index contributed by atoms with van der Waals surface area (Å²) in [6, 6.07) is 1.79. The van der Waals surface area contributed by atoms with Gasteiger partial charge in [-0.3, -0.25) is 9.59 Å². The summed E-state index contributed by atoms with van der Waals surface area (Å²) in [5, 5.41) is 0. The molecule has 1 aliphatic carbocycles. The molecule has 0 bridgehead atoms. The second-order valence-electron chi connectivity index (χ2n) is 5.43. The standard InChI is InChI=1S/C13H17NO2/c1-13(2,3)9-7-8-10(14-12(9)16)5-4-6-11(8)15/h7H,4-6H2,1-3H3,(H,14,16). The van der Waals surface area contributed by atoms with Gasteiger partial charge in [0, 0.05) is 23.2 Å². The third-order valence-corrected chi connectivity index (χ3v) is 3.06. The summed E-state index contributed by atoms with van der Waals surface area (Å²) in [6.45, 7) is 5.95. The lowest BCUT2D eigenvalue weighted by Crippen LogP contribution is -2.28. The average Bonchev–Trinajstić information content (AvgIpc) is 2.15. The van der Waals surface area contributed by atoms with Crippen molar-refractivity contribution < 1.29 is 4.79 Å². The quantitative estimate of drug-likeness (QED) is 0.727. The molecule has 1 aromatic rings. The second kappa shape index (κ2) is 3.58. The van der Waals surface area contributed by atoms with Crippen LogP contribution in [0.4, 0.5) is 0 Å². The predicted octanol–water partition coefficient (Wildman–Crippen LogP) is 2.19. The number of fused-ring (bicyclic) bond motifs is 1. The molecule has 0 fully saturated rings. The predicted molar refractivity (Wildman–Crippen MR) is 63.0 cm³/mol. The largest absolute Gasteiger partial charge is 0.325 e. The molecule has 0 saturated heterocycles. The van der Waals surface area contributed by atoms with Crippen molar-refractivity contribution in [2.45, 2.75) is 45.4 Å². The Hall–Kier alpha value is -1.38. The van der Waals surface area contributed by atoms with Crippen LogP contribution >= 0.6 is 0 Å². The van der Waals surface area contributed by atoms with Crippen LogP contribution in [0.5, 0.6) is 0 Å². The number of ketones is 1. The molecule has 0 aliphatic heterocycles. The number of Topliss-reactive ketones (excluding diaryl/α,β-unsaturated/α-hetero) is 1. The van der Waals surface area contributed by atoms with Crippen molar-refractivity contribution in [1.29, 1.82) is 0 Å². The van der Waals surface area contributed by atoms with Crippen LogP contribution < -0.4 is 5.56 Å². The van der Waals surface area contributed by atoms with Crippen LogP contribution in [0.1, 0.15) is 55.2 Å². The van der Waals surface area contributed by atoms with E-state index in [2.05, 4.69) is 4.98 Å². The van der Waals surface area contributed by atoms with Gasteiger partial charge in [-0.1, -0.05) is 20.8 Å². The molecule has 1 aliphatic rings. The zero-order valence-corrected chi connectivity index (χ0v) is 10.0. The summed E-state index contributed by atoms with van der Waals surface area (Å²) in [5.74, 6) is 0.156. The first-order chi connectivity index (χ1) is 7.39. The van der Waals surface area contributed by atoms with Crippen LogP contribution in [-0.2, 0) is 11.8 Å². The molecular weight excluding hydrogens is 202 g/mol. The third kappa shape index (κ3) is 1.82. The highest BCUT2D eigenvalue weighted by molar-refractivity contribution is 5.98. The third-order valence-electron chi connectivity index (χ3n) is 3.06. The van der Waals surface area contributed by atoms with E-state index in [-0.39, 0.29) is 16.8 Å². The molecule has 16 heavy (non-hydrogen) atoms. The zero-order valence-electron chi connectivity index (χ0n) is 10.0. The normalized spacial score (nSPS) is 16.1. The molecule has 0 radical (unpaired) electrons. The summed E-state index contributed by atoms with van der Waals surface area (Å²) >= 11 is 0. The first-order valence-electron chi connectivity index (χ1n) is 5.69. The van der Waals surface area contributed by atoms with E-state index in [4.69, 9.17) is 0 Å². The van der Waals surface area contributed by atoms with Gasteiger partial charge in [0.2, 0.25) is 0 Å². The van der Waals surface area contributed by atoms with Gasteiger partial charge in [0.15, 0.2) is 5.78 Å². The number of pyridine rings is 1. The van der Waals surface area contributed by atoms with E-state index >= 15 is 0 Å². The summed E-state index contributed by atoms with van der Waals surface area (Å²) in [4.78, 5) is 26.5. The smallest absolute Gasteiger partial charge is 0.251 e. The fourth-order valence-electron chi connectivity index (χ4n) is 2.13. The Labute approximate surface area is 94.9 Å². The SMILES string of the molecule is CC(C)(C)c1cc2c([nH]c1=O)CCCC2=O. The minimum atomic E-state index is -0.222. The second-order valence-corrected chi connectivity index (χ2v) is 5.43. The summed E-state index contributed by atoms with van der Waals surface area (Å²) in [6.07, 6.45) is 2.25. The Morgan fingerprint density at radius 3 is 2.50 bits per heavy atom. The molecule has 0 saturated carbocycles. The number of hydrogen-bond acceptors (Lipinski definition) is 2. The molecule has 0 amide bonds. The van der Waals surface area contributed by atoms with Gasteiger partial charge in [0.1, 0.15) is 0 Å². The lowest BCUT2D eigenvalue weighted by atomic mass is 9.84. The fourth-order valence-corrected chi connectivity index (χ4v) is 2.13. The molecule has 0 unspecified atom stereocenters. The highest BCUT2D eigenvalue weighted by atomic mass is 16.1. The van der Waals surface area contributed by atoms with Crippen LogP contribution in [0.2, 0.25) is 0 Å². The first-order valence-corrected chi connectivity index (χ1v) is 5.69. The van der Waals surface area contributed by atoms with E-state index in [0.717, 1.165) is 24.1 Å². The number of carbonyl (C=O) groups excluding carboxylic acids is 1. The fraction of sp³-hybridized carbons (Fsp3) is 0.538. The van der Waals surface area contributed by atoms with Crippen LogP contribution in [0.3, 0.4) is 0 Å². The van der Waals surface area contributed by atoms with E-state index in [1.807, 2.05) is 20.8 Å². The maximum atomic E-state index is 11.9. The van der Waals surface area contributed by atoms with Gasteiger partial charge in [0.25, 0.3) is 5.56 Å². The molecule has 3 nitrogen and oxygen atoms in total. The minimum absolute atomic E-state index is 0.0547. The highest BCUT2D eigenvalue weighted by Crippen LogP contribution is 2.24. The zero-order chi connectivity index (χ0) is 11.9. The Morgan fingerprint density at radius 2 is 1.88 bits per heavy atom. The van der Waals surface area contributed by atoms with Crippen LogP contribution in [0, 0.1) is 0 Å². The average molecular weight is 219 g/mol. The number of nitrogens with one attached hydrogen (secondary N) is 1. The van der Waals surface area contributed by atoms with Crippen molar-refractivity contribution >= 4 is 5.78 Å². The topological polar surface area (TPSA) is 49.9 Å². The molecule has 1 heterocycles. The summed E-state index contributed by atoms with van der Waals surface area (Å²) < 4.78 is 0. The Balaban J connectivity index is 2.64.